The maximum Gasteiger partial charge on any atom is 0.288 e. The second-order valence-corrected chi connectivity index (χ2v) is 5.94. The van der Waals surface area contributed by atoms with Crippen LogP contribution in [-0.4, -0.2) is 10.8 Å². The van der Waals surface area contributed by atoms with Crippen molar-refractivity contribution in [2.45, 2.75) is 19.8 Å². The number of para-hydroxylation sites is 1. The highest BCUT2D eigenvalue weighted by atomic mass is 35.5. The number of nitrogens with one attached hydrogen (secondary N) is 1. The Morgan fingerprint density at radius 2 is 1.96 bits per heavy atom. The van der Waals surface area contributed by atoms with Crippen molar-refractivity contribution < 1.29 is 9.72 Å². The van der Waals surface area contributed by atoms with Gasteiger partial charge in [-0.3, -0.25) is 14.9 Å². The molecule has 0 spiro atoms. The smallest absolute Gasteiger partial charge is 0.288 e. The molecule has 5 nitrogen and oxygen atoms in total. The molecule has 24 heavy (non-hydrogen) atoms. The number of amides is 1. The summed E-state index contributed by atoms with van der Waals surface area (Å²) in [6, 6.07) is 12.0. The molecule has 0 unspecified atom stereocenters. The molecule has 0 aliphatic carbocycles. The van der Waals surface area contributed by atoms with Gasteiger partial charge in [-0.15, -0.1) is 0 Å². The SMILES string of the molecule is CC(C)c1ccccc1NC(=O)/C=C/c1ccc(Cl)c([N+](=O)[O-])c1. The summed E-state index contributed by atoms with van der Waals surface area (Å²) in [5, 5.41) is 13.8. The molecule has 0 heterocycles. The maximum absolute atomic E-state index is 12.1. The lowest BCUT2D eigenvalue weighted by molar-refractivity contribution is -0.384. The number of anilines is 1. The van der Waals surface area contributed by atoms with Crippen LogP contribution in [0.15, 0.2) is 48.5 Å². The summed E-state index contributed by atoms with van der Waals surface area (Å²) < 4.78 is 0. The third-order valence-corrected chi connectivity index (χ3v) is 3.75. The molecule has 0 aromatic heterocycles. The molecule has 6 heteroatoms. The number of hydrogen-bond donors (Lipinski definition) is 1. The van der Waals surface area contributed by atoms with Gasteiger partial charge in [-0.2, -0.15) is 0 Å². The van der Waals surface area contributed by atoms with Crippen LogP contribution in [0.2, 0.25) is 5.02 Å². The number of nitro benzene ring substituents is 1. The van der Waals surface area contributed by atoms with Crippen LogP contribution in [0.4, 0.5) is 11.4 Å². The minimum Gasteiger partial charge on any atom is -0.322 e. The normalized spacial score (nSPS) is 11.0. The summed E-state index contributed by atoms with van der Waals surface area (Å²) in [6.45, 7) is 4.10. The lowest BCUT2D eigenvalue weighted by Gasteiger charge is -2.12. The fraction of sp³-hybridized carbons (Fsp3) is 0.167. The average molecular weight is 345 g/mol. The molecule has 0 bridgehead atoms. The molecule has 0 saturated carbocycles. The zero-order chi connectivity index (χ0) is 17.7. The van der Waals surface area contributed by atoms with E-state index in [9.17, 15) is 14.9 Å². The molecule has 1 N–H and O–H groups in total. The minimum atomic E-state index is -0.557. The van der Waals surface area contributed by atoms with E-state index in [1.165, 1.54) is 24.3 Å². The third kappa shape index (κ3) is 4.43. The van der Waals surface area contributed by atoms with Gasteiger partial charge in [0.05, 0.1) is 4.92 Å². The number of benzene rings is 2. The number of carbonyl (C=O) groups is 1. The third-order valence-electron chi connectivity index (χ3n) is 3.43. The first kappa shape index (κ1) is 17.7. The molecule has 0 aliphatic heterocycles. The first-order valence-electron chi connectivity index (χ1n) is 7.40. The highest BCUT2D eigenvalue weighted by Gasteiger charge is 2.12. The predicted octanol–water partition coefficient (Wildman–Crippen LogP) is 5.02. The zero-order valence-corrected chi connectivity index (χ0v) is 14.1. The first-order valence-corrected chi connectivity index (χ1v) is 7.78. The summed E-state index contributed by atoms with van der Waals surface area (Å²) in [7, 11) is 0. The van der Waals surface area contributed by atoms with Gasteiger partial charge >= 0.3 is 0 Å². The lowest BCUT2D eigenvalue weighted by atomic mass is 10.0. The van der Waals surface area contributed by atoms with Gasteiger partial charge in [-0.1, -0.05) is 49.7 Å². The molecular formula is C18H17ClN2O3. The number of halogens is 1. The Labute approximate surface area is 145 Å². The van der Waals surface area contributed by atoms with Crippen LogP contribution in [-0.2, 0) is 4.79 Å². The van der Waals surface area contributed by atoms with Gasteiger partial charge in [0.1, 0.15) is 5.02 Å². The van der Waals surface area contributed by atoms with Crippen LogP contribution in [0.1, 0.15) is 30.9 Å². The Morgan fingerprint density at radius 1 is 1.25 bits per heavy atom. The van der Waals surface area contributed by atoms with E-state index < -0.39 is 4.92 Å². The summed E-state index contributed by atoms with van der Waals surface area (Å²) >= 11 is 5.76. The van der Waals surface area contributed by atoms with Crippen LogP contribution < -0.4 is 5.32 Å². The second kappa shape index (κ2) is 7.75. The van der Waals surface area contributed by atoms with Gasteiger partial charge in [-0.05, 0) is 35.3 Å². The highest BCUT2D eigenvalue weighted by molar-refractivity contribution is 6.32. The Balaban J connectivity index is 2.14. The number of nitro groups is 1. The summed E-state index contributed by atoms with van der Waals surface area (Å²) in [5.74, 6) is -0.0231. The van der Waals surface area contributed by atoms with Crippen LogP contribution in [0.3, 0.4) is 0 Å². The van der Waals surface area contributed by atoms with Crippen molar-refractivity contribution in [2.24, 2.45) is 0 Å². The van der Waals surface area contributed by atoms with Crippen molar-refractivity contribution in [2.75, 3.05) is 5.32 Å². The van der Waals surface area contributed by atoms with Gasteiger partial charge in [0.25, 0.3) is 5.69 Å². The van der Waals surface area contributed by atoms with Crippen LogP contribution in [0, 0.1) is 10.1 Å². The van der Waals surface area contributed by atoms with Crippen LogP contribution >= 0.6 is 11.6 Å². The molecule has 2 aromatic carbocycles. The molecule has 1 amide bonds. The van der Waals surface area contributed by atoms with Gasteiger partial charge in [0.2, 0.25) is 5.91 Å². The van der Waals surface area contributed by atoms with E-state index in [1.807, 2.05) is 38.1 Å². The number of nitrogens with zero attached hydrogens (tertiary/aromatic N) is 1. The Bertz CT molecular complexity index is 801. The van der Waals surface area contributed by atoms with Crippen molar-refractivity contribution >= 4 is 35.0 Å². The number of rotatable bonds is 5. The maximum atomic E-state index is 12.1. The standard InChI is InChI=1S/C18H17ClN2O3/c1-12(2)14-5-3-4-6-16(14)20-18(22)10-8-13-7-9-15(19)17(11-13)21(23)24/h3-12H,1-2H3,(H,20,22)/b10-8+. The minimum absolute atomic E-state index is 0.0625. The van der Waals surface area contributed by atoms with E-state index in [-0.39, 0.29) is 22.5 Å². The van der Waals surface area contributed by atoms with Crippen molar-refractivity contribution in [1.82, 2.24) is 0 Å². The molecule has 0 radical (unpaired) electrons. The average Bonchev–Trinajstić information content (AvgIpc) is 2.54. The largest absolute Gasteiger partial charge is 0.322 e. The van der Waals surface area contributed by atoms with E-state index >= 15 is 0 Å². The molecule has 2 aromatic rings. The van der Waals surface area contributed by atoms with E-state index in [0.29, 0.717) is 5.56 Å². The fourth-order valence-corrected chi connectivity index (χ4v) is 2.42. The van der Waals surface area contributed by atoms with E-state index in [1.54, 1.807) is 6.07 Å². The number of carbonyl (C=O) groups excluding carboxylic acids is 1. The van der Waals surface area contributed by atoms with E-state index in [2.05, 4.69) is 5.32 Å². The van der Waals surface area contributed by atoms with Crippen molar-refractivity contribution in [3.05, 3.63) is 74.8 Å². The van der Waals surface area contributed by atoms with Crippen molar-refractivity contribution in [3.63, 3.8) is 0 Å². The number of hydrogen-bond acceptors (Lipinski definition) is 3. The zero-order valence-electron chi connectivity index (χ0n) is 13.3. The van der Waals surface area contributed by atoms with E-state index in [4.69, 9.17) is 11.6 Å². The quantitative estimate of drug-likeness (QED) is 0.470. The monoisotopic (exact) mass is 344 g/mol. The predicted molar refractivity (Wildman–Crippen MR) is 96.3 cm³/mol. The Morgan fingerprint density at radius 3 is 2.62 bits per heavy atom. The molecule has 124 valence electrons. The molecule has 0 atom stereocenters. The van der Waals surface area contributed by atoms with Crippen LogP contribution in [0.25, 0.3) is 6.08 Å². The topological polar surface area (TPSA) is 72.2 Å². The Hall–Kier alpha value is -2.66. The summed E-state index contributed by atoms with van der Waals surface area (Å²) in [6.07, 6.45) is 2.85. The fourth-order valence-electron chi connectivity index (χ4n) is 2.23. The van der Waals surface area contributed by atoms with Crippen molar-refractivity contribution in [1.29, 1.82) is 0 Å². The van der Waals surface area contributed by atoms with Gasteiger partial charge in [0.15, 0.2) is 0 Å². The lowest BCUT2D eigenvalue weighted by Crippen LogP contribution is -2.10. The van der Waals surface area contributed by atoms with Gasteiger partial charge in [0, 0.05) is 17.8 Å². The summed E-state index contributed by atoms with van der Waals surface area (Å²) in [4.78, 5) is 22.4. The summed E-state index contributed by atoms with van der Waals surface area (Å²) in [5.41, 5.74) is 2.13. The molecular weight excluding hydrogens is 328 g/mol. The molecule has 0 saturated heterocycles. The van der Waals surface area contributed by atoms with E-state index in [0.717, 1.165) is 11.3 Å². The van der Waals surface area contributed by atoms with Crippen molar-refractivity contribution in [3.8, 4) is 0 Å². The van der Waals surface area contributed by atoms with Gasteiger partial charge in [-0.25, -0.2) is 0 Å². The van der Waals surface area contributed by atoms with Crippen LogP contribution in [0.5, 0.6) is 0 Å². The molecule has 0 fully saturated rings. The molecule has 0 aliphatic rings. The Kier molecular flexibility index (Phi) is 5.71. The van der Waals surface area contributed by atoms with Gasteiger partial charge < -0.3 is 5.32 Å². The highest BCUT2D eigenvalue weighted by Crippen LogP contribution is 2.26. The second-order valence-electron chi connectivity index (χ2n) is 5.53. The molecule has 2 rings (SSSR count). The first-order chi connectivity index (χ1) is 11.4.